The number of hydrogen-bond donors (Lipinski definition) is 2. The highest BCUT2D eigenvalue weighted by molar-refractivity contribution is 6.07. The van der Waals surface area contributed by atoms with Gasteiger partial charge in [-0.25, -0.2) is 4.98 Å². The van der Waals surface area contributed by atoms with E-state index in [1.807, 2.05) is 13.0 Å². The Hall–Kier alpha value is -2.51. The van der Waals surface area contributed by atoms with Crippen molar-refractivity contribution in [2.45, 2.75) is 6.92 Å². The predicted octanol–water partition coefficient (Wildman–Crippen LogP) is 2.07. The lowest BCUT2D eigenvalue weighted by atomic mass is 10.2. The van der Waals surface area contributed by atoms with Gasteiger partial charge in [-0.3, -0.25) is 9.78 Å². The molecule has 2 rings (SSSR count). The van der Waals surface area contributed by atoms with E-state index in [0.29, 0.717) is 30.2 Å². The van der Waals surface area contributed by atoms with Crippen LogP contribution in [0.4, 0.5) is 11.5 Å². The fraction of sp³-hybridized carbons (Fsp3) is 0.312. The van der Waals surface area contributed by atoms with Crippen LogP contribution in [0, 0.1) is 6.92 Å². The van der Waals surface area contributed by atoms with Gasteiger partial charge in [0.1, 0.15) is 12.6 Å². The number of carbonyl (C=O) groups is 1. The first-order valence-electron chi connectivity index (χ1n) is 7.20. The SMILES string of the molecule is COCOCCNc1ncccc1C(=O)Nc1cnccc1C. The van der Waals surface area contributed by atoms with Crippen molar-refractivity contribution in [2.24, 2.45) is 0 Å². The molecule has 0 aromatic carbocycles. The van der Waals surface area contributed by atoms with Crippen molar-refractivity contribution in [2.75, 3.05) is 37.7 Å². The molecule has 0 radical (unpaired) electrons. The Morgan fingerprint density at radius 2 is 2.17 bits per heavy atom. The Labute approximate surface area is 135 Å². The van der Waals surface area contributed by atoms with Gasteiger partial charge in [0.05, 0.1) is 24.1 Å². The fourth-order valence-electron chi connectivity index (χ4n) is 1.90. The molecule has 7 nitrogen and oxygen atoms in total. The zero-order chi connectivity index (χ0) is 16.5. The molecule has 0 atom stereocenters. The lowest BCUT2D eigenvalue weighted by molar-refractivity contribution is -0.0262. The van der Waals surface area contributed by atoms with E-state index < -0.39 is 0 Å². The Morgan fingerprint density at radius 1 is 1.30 bits per heavy atom. The number of pyridine rings is 2. The number of nitrogens with zero attached hydrogens (tertiary/aromatic N) is 2. The van der Waals surface area contributed by atoms with E-state index in [9.17, 15) is 4.79 Å². The molecule has 1 amide bonds. The van der Waals surface area contributed by atoms with Crippen LogP contribution in [0.1, 0.15) is 15.9 Å². The quantitative estimate of drug-likeness (QED) is 0.573. The smallest absolute Gasteiger partial charge is 0.259 e. The Bertz CT molecular complexity index is 649. The van der Waals surface area contributed by atoms with Gasteiger partial charge in [0.2, 0.25) is 0 Å². The van der Waals surface area contributed by atoms with Crippen molar-refractivity contribution in [1.29, 1.82) is 0 Å². The number of rotatable bonds is 8. The van der Waals surface area contributed by atoms with Crippen LogP contribution >= 0.6 is 0 Å². The number of hydrogen-bond acceptors (Lipinski definition) is 6. The third-order valence-electron chi connectivity index (χ3n) is 3.08. The number of ether oxygens (including phenoxy) is 2. The van der Waals surface area contributed by atoms with Gasteiger partial charge in [-0.05, 0) is 30.7 Å². The van der Waals surface area contributed by atoms with E-state index in [1.54, 1.807) is 37.8 Å². The van der Waals surface area contributed by atoms with Crippen molar-refractivity contribution in [1.82, 2.24) is 9.97 Å². The molecule has 0 saturated carbocycles. The average Bonchev–Trinajstić information content (AvgIpc) is 2.57. The summed E-state index contributed by atoms with van der Waals surface area (Å²) in [7, 11) is 1.56. The van der Waals surface area contributed by atoms with Crippen LogP contribution in [-0.2, 0) is 9.47 Å². The maximum Gasteiger partial charge on any atom is 0.259 e. The predicted molar refractivity (Wildman–Crippen MR) is 87.5 cm³/mol. The third kappa shape index (κ3) is 5.01. The van der Waals surface area contributed by atoms with Crippen molar-refractivity contribution in [3.63, 3.8) is 0 Å². The standard InChI is InChI=1S/C16H20N4O3/c1-12-5-7-17-10-14(12)20-16(21)13-4-3-6-18-15(13)19-8-9-23-11-22-2/h3-7,10H,8-9,11H2,1-2H3,(H,18,19)(H,20,21). The Balaban J connectivity index is 2.01. The molecule has 2 heterocycles. The Kier molecular flexibility index (Phi) is 6.46. The summed E-state index contributed by atoms with van der Waals surface area (Å²) in [5.74, 6) is 0.266. The first kappa shape index (κ1) is 16.9. The highest BCUT2D eigenvalue weighted by atomic mass is 16.7. The number of anilines is 2. The van der Waals surface area contributed by atoms with Gasteiger partial charge >= 0.3 is 0 Å². The van der Waals surface area contributed by atoms with Gasteiger partial charge < -0.3 is 20.1 Å². The molecular formula is C16H20N4O3. The van der Waals surface area contributed by atoms with Gasteiger partial charge in [-0.2, -0.15) is 0 Å². The summed E-state index contributed by atoms with van der Waals surface area (Å²) in [5.41, 5.74) is 2.08. The molecule has 0 saturated heterocycles. The fourth-order valence-corrected chi connectivity index (χ4v) is 1.90. The lowest BCUT2D eigenvalue weighted by Crippen LogP contribution is -2.18. The van der Waals surface area contributed by atoms with Gasteiger partial charge in [0.15, 0.2) is 0 Å². The van der Waals surface area contributed by atoms with Crippen molar-refractivity contribution in [3.8, 4) is 0 Å². The first-order chi connectivity index (χ1) is 11.2. The molecule has 7 heteroatoms. The van der Waals surface area contributed by atoms with Crippen LogP contribution in [-0.4, -0.2) is 42.9 Å². The molecule has 2 N–H and O–H groups in total. The maximum absolute atomic E-state index is 12.5. The maximum atomic E-state index is 12.5. The first-order valence-corrected chi connectivity index (χ1v) is 7.20. The molecule has 0 aliphatic carbocycles. The molecule has 0 bridgehead atoms. The normalized spacial score (nSPS) is 10.3. The van der Waals surface area contributed by atoms with E-state index in [0.717, 1.165) is 5.56 Å². The minimum atomic E-state index is -0.241. The van der Waals surface area contributed by atoms with Gasteiger partial charge in [0.25, 0.3) is 5.91 Å². The molecule has 0 spiro atoms. The summed E-state index contributed by atoms with van der Waals surface area (Å²) in [5, 5.41) is 5.93. The second kappa shape index (κ2) is 8.82. The molecule has 0 aliphatic rings. The zero-order valence-electron chi connectivity index (χ0n) is 13.2. The van der Waals surface area contributed by atoms with Crippen molar-refractivity contribution < 1.29 is 14.3 Å². The topological polar surface area (TPSA) is 85.4 Å². The monoisotopic (exact) mass is 316 g/mol. The van der Waals surface area contributed by atoms with E-state index >= 15 is 0 Å². The molecule has 0 aliphatic heterocycles. The van der Waals surface area contributed by atoms with E-state index in [-0.39, 0.29) is 12.7 Å². The van der Waals surface area contributed by atoms with E-state index in [2.05, 4.69) is 20.6 Å². The van der Waals surface area contributed by atoms with E-state index in [4.69, 9.17) is 9.47 Å². The highest BCUT2D eigenvalue weighted by Gasteiger charge is 2.13. The number of aromatic nitrogens is 2. The number of aryl methyl sites for hydroxylation is 1. The number of amides is 1. The number of carbonyl (C=O) groups excluding carboxylic acids is 1. The summed E-state index contributed by atoms with van der Waals surface area (Å²) in [6, 6.07) is 5.27. The molecule has 0 fully saturated rings. The van der Waals surface area contributed by atoms with Gasteiger partial charge in [0, 0.05) is 26.0 Å². The van der Waals surface area contributed by atoms with Crippen LogP contribution in [0.15, 0.2) is 36.8 Å². The largest absolute Gasteiger partial charge is 0.367 e. The van der Waals surface area contributed by atoms with Crippen LogP contribution in [0.3, 0.4) is 0 Å². The molecule has 0 unspecified atom stereocenters. The van der Waals surface area contributed by atoms with Crippen molar-refractivity contribution in [3.05, 3.63) is 47.9 Å². The lowest BCUT2D eigenvalue weighted by Gasteiger charge is -2.12. The molecule has 2 aromatic rings. The molecular weight excluding hydrogens is 296 g/mol. The van der Waals surface area contributed by atoms with Crippen LogP contribution in [0.5, 0.6) is 0 Å². The molecule has 2 aromatic heterocycles. The zero-order valence-corrected chi connectivity index (χ0v) is 13.2. The highest BCUT2D eigenvalue weighted by Crippen LogP contribution is 2.16. The van der Waals surface area contributed by atoms with Gasteiger partial charge in [-0.1, -0.05) is 0 Å². The molecule has 122 valence electrons. The minimum Gasteiger partial charge on any atom is -0.367 e. The summed E-state index contributed by atoms with van der Waals surface area (Å²) < 4.78 is 9.99. The average molecular weight is 316 g/mol. The van der Waals surface area contributed by atoms with E-state index in [1.165, 1.54) is 0 Å². The number of nitrogens with one attached hydrogen (secondary N) is 2. The van der Waals surface area contributed by atoms with Crippen LogP contribution in [0.2, 0.25) is 0 Å². The second-order valence-electron chi connectivity index (χ2n) is 4.79. The van der Waals surface area contributed by atoms with Crippen LogP contribution in [0.25, 0.3) is 0 Å². The summed E-state index contributed by atoms with van der Waals surface area (Å²) in [6.45, 7) is 3.12. The second-order valence-corrected chi connectivity index (χ2v) is 4.79. The minimum absolute atomic E-state index is 0.234. The third-order valence-corrected chi connectivity index (χ3v) is 3.08. The van der Waals surface area contributed by atoms with Gasteiger partial charge in [-0.15, -0.1) is 0 Å². The Morgan fingerprint density at radius 3 is 2.96 bits per heavy atom. The molecule has 23 heavy (non-hydrogen) atoms. The van der Waals surface area contributed by atoms with Crippen molar-refractivity contribution >= 4 is 17.4 Å². The summed E-state index contributed by atoms with van der Waals surface area (Å²) in [6.07, 6.45) is 4.93. The summed E-state index contributed by atoms with van der Waals surface area (Å²) >= 11 is 0. The summed E-state index contributed by atoms with van der Waals surface area (Å²) in [4.78, 5) is 20.7. The number of methoxy groups -OCH3 is 1. The van der Waals surface area contributed by atoms with Crippen LogP contribution < -0.4 is 10.6 Å².